The number of hydrogen-bond donors (Lipinski definition) is 0. The van der Waals surface area contributed by atoms with Crippen LogP contribution in [0.15, 0.2) is 0 Å². The Balaban J connectivity index is 2.72. The predicted octanol–water partition coefficient (Wildman–Crippen LogP) is 5.59. The average molecular weight is 664 g/mol. The van der Waals surface area contributed by atoms with Crippen LogP contribution in [0, 0.1) is 16.7 Å². The maximum absolute atomic E-state index is 13.2. The van der Waals surface area contributed by atoms with Gasteiger partial charge in [0.25, 0.3) is 0 Å². The van der Waals surface area contributed by atoms with Gasteiger partial charge in [0.15, 0.2) is 0 Å². The molecule has 1 aliphatic heterocycles. The number of piperidine rings is 1. The lowest BCUT2D eigenvalue weighted by Gasteiger charge is -2.26. The summed E-state index contributed by atoms with van der Waals surface area (Å²) in [5.41, 5.74) is -1.54. The topological polar surface area (TPSA) is 152 Å². The molecule has 1 saturated heterocycles. The number of thioether (sulfide) groups is 2. The quantitative estimate of drug-likeness (QED) is 0.0925. The second-order valence-electron chi connectivity index (χ2n) is 13.1. The first-order chi connectivity index (χ1) is 20.3. The van der Waals surface area contributed by atoms with Crippen molar-refractivity contribution in [2.45, 2.75) is 92.2 Å². The molecule has 0 bridgehead atoms. The van der Waals surface area contributed by atoms with Gasteiger partial charge in [-0.1, -0.05) is 6.42 Å². The highest BCUT2D eigenvalue weighted by molar-refractivity contribution is 8.15. The van der Waals surface area contributed by atoms with Crippen LogP contribution in [0.25, 0.3) is 0 Å². The highest BCUT2D eigenvalue weighted by Gasteiger charge is 2.36. The predicted molar refractivity (Wildman–Crippen MR) is 167 cm³/mol. The number of Topliss-reactive ketones (excluding diaryl/α,β-unsaturated/α-hetero) is 1. The summed E-state index contributed by atoms with van der Waals surface area (Å²) in [5.74, 6) is -3.32. The van der Waals surface area contributed by atoms with E-state index in [0.717, 1.165) is 32.5 Å². The number of esters is 3. The molecule has 14 heteroatoms. The van der Waals surface area contributed by atoms with E-state index in [1.54, 1.807) is 41.5 Å². The lowest BCUT2D eigenvalue weighted by Crippen LogP contribution is -2.35. The first-order valence-electron chi connectivity index (χ1n) is 14.7. The van der Waals surface area contributed by atoms with Crippen molar-refractivity contribution < 1.29 is 52.5 Å². The number of carbonyl (C=O) groups excluding carboxylic acids is 6. The van der Waals surface area contributed by atoms with Crippen LogP contribution < -0.4 is 0 Å². The molecule has 0 aromatic carbocycles. The number of nitrogens with zero attached hydrogens (tertiary/aromatic N) is 1. The summed E-state index contributed by atoms with van der Waals surface area (Å²) in [7, 11) is 0. The van der Waals surface area contributed by atoms with Crippen LogP contribution in [0.1, 0.15) is 87.5 Å². The van der Waals surface area contributed by atoms with Crippen LogP contribution in [-0.4, -0.2) is 89.5 Å². The molecule has 1 aliphatic rings. The lowest BCUT2D eigenvalue weighted by atomic mass is 9.97. The summed E-state index contributed by atoms with van der Waals surface area (Å²) in [4.78, 5) is 76.9. The molecule has 0 spiro atoms. The first kappa shape index (κ1) is 39.7. The SMILES string of the molecule is CC(C)(C)C(=O)OCOC(=O)SC[C@H](CC(=O)C(C)(C)SC(=O)OCOC(=O)C(C)(C)C)C(=O)OCCCN1CCCCC1. The van der Waals surface area contributed by atoms with Gasteiger partial charge in [-0.25, -0.2) is 9.59 Å². The van der Waals surface area contributed by atoms with Crippen molar-refractivity contribution in [1.29, 1.82) is 0 Å². The van der Waals surface area contributed by atoms with Gasteiger partial charge in [-0.3, -0.25) is 19.2 Å². The van der Waals surface area contributed by atoms with Crippen molar-refractivity contribution in [3.8, 4) is 0 Å². The molecule has 0 saturated carbocycles. The summed E-state index contributed by atoms with van der Waals surface area (Å²) in [6.45, 7) is 14.8. The standard InChI is InChI=1S/C30H49NO11S2/c1-28(2,3)24(34)39-19-41-26(36)43-18-21(23(33)38-16-12-15-31-13-10-9-11-14-31)17-22(32)30(7,8)44-27(37)42-20-40-25(35)29(4,5)6/h21H,9-20H2,1-8H3/t21-/m0/s1. The Morgan fingerprint density at radius 3 is 1.75 bits per heavy atom. The molecule has 1 atom stereocenters. The van der Waals surface area contributed by atoms with Crippen molar-refractivity contribution in [3.05, 3.63) is 0 Å². The first-order valence-corrected chi connectivity index (χ1v) is 16.5. The number of carbonyl (C=O) groups is 6. The lowest BCUT2D eigenvalue weighted by molar-refractivity contribution is -0.161. The van der Waals surface area contributed by atoms with E-state index < -0.39 is 69.4 Å². The minimum Gasteiger partial charge on any atom is -0.465 e. The van der Waals surface area contributed by atoms with Gasteiger partial charge in [0.1, 0.15) is 5.78 Å². The van der Waals surface area contributed by atoms with Crippen LogP contribution >= 0.6 is 23.5 Å². The maximum Gasteiger partial charge on any atom is 0.371 e. The van der Waals surface area contributed by atoms with Gasteiger partial charge in [0.2, 0.25) is 13.6 Å². The highest BCUT2D eigenvalue weighted by atomic mass is 32.2. The molecule has 0 aromatic heterocycles. The number of rotatable bonds is 15. The molecular formula is C30H49NO11S2. The highest BCUT2D eigenvalue weighted by Crippen LogP contribution is 2.31. The van der Waals surface area contributed by atoms with E-state index in [1.807, 2.05) is 0 Å². The van der Waals surface area contributed by atoms with Crippen molar-refractivity contribution in [2.75, 3.05) is 45.6 Å². The van der Waals surface area contributed by atoms with E-state index in [4.69, 9.17) is 23.7 Å². The monoisotopic (exact) mass is 663 g/mol. The third kappa shape index (κ3) is 16.1. The fourth-order valence-corrected chi connectivity index (χ4v) is 5.09. The van der Waals surface area contributed by atoms with Gasteiger partial charge < -0.3 is 28.6 Å². The maximum atomic E-state index is 13.2. The zero-order valence-electron chi connectivity index (χ0n) is 27.3. The largest absolute Gasteiger partial charge is 0.465 e. The number of hydrogen-bond acceptors (Lipinski definition) is 14. The molecule has 1 rings (SSSR count). The zero-order chi connectivity index (χ0) is 33.6. The van der Waals surface area contributed by atoms with E-state index in [1.165, 1.54) is 20.3 Å². The Morgan fingerprint density at radius 1 is 0.705 bits per heavy atom. The second-order valence-corrected chi connectivity index (χ2v) is 15.6. The van der Waals surface area contributed by atoms with Crippen LogP contribution in [-0.2, 0) is 42.9 Å². The summed E-state index contributed by atoms with van der Waals surface area (Å²) in [5, 5.41) is -1.62. The smallest absolute Gasteiger partial charge is 0.371 e. The Labute approximate surface area is 269 Å². The van der Waals surface area contributed by atoms with Crippen molar-refractivity contribution in [1.82, 2.24) is 4.90 Å². The van der Waals surface area contributed by atoms with E-state index in [9.17, 15) is 28.8 Å². The van der Waals surface area contributed by atoms with Crippen molar-refractivity contribution in [2.24, 2.45) is 16.7 Å². The third-order valence-electron chi connectivity index (χ3n) is 6.45. The molecule has 0 amide bonds. The van der Waals surface area contributed by atoms with Gasteiger partial charge >= 0.3 is 28.5 Å². The molecule has 1 fully saturated rings. The molecule has 0 unspecified atom stereocenters. The molecule has 0 aliphatic carbocycles. The fraction of sp³-hybridized carbons (Fsp3) is 0.800. The Morgan fingerprint density at radius 2 is 1.23 bits per heavy atom. The fourth-order valence-electron chi connectivity index (χ4n) is 3.64. The third-order valence-corrected chi connectivity index (χ3v) is 8.39. The molecule has 12 nitrogen and oxygen atoms in total. The van der Waals surface area contributed by atoms with Crippen LogP contribution in [0.4, 0.5) is 9.59 Å². The summed E-state index contributed by atoms with van der Waals surface area (Å²) in [6.07, 6.45) is 3.84. The number of ether oxygens (including phenoxy) is 5. The van der Waals surface area contributed by atoms with Gasteiger partial charge in [0, 0.05) is 18.7 Å². The van der Waals surface area contributed by atoms with Crippen LogP contribution in [0.2, 0.25) is 0 Å². The Kier molecular flexibility index (Phi) is 16.8. The normalized spacial score (nSPS) is 15.1. The van der Waals surface area contributed by atoms with Crippen molar-refractivity contribution in [3.63, 3.8) is 0 Å². The minimum absolute atomic E-state index is 0.128. The van der Waals surface area contributed by atoms with Crippen molar-refractivity contribution >= 4 is 57.8 Å². The Hall–Kier alpha value is -2.32. The van der Waals surface area contributed by atoms with Gasteiger partial charge in [-0.05, 0) is 111 Å². The average Bonchev–Trinajstić information content (AvgIpc) is 2.92. The van der Waals surface area contributed by atoms with Gasteiger partial charge in [-0.2, -0.15) is 0 Å². The zero-order valence-corrected chi connectivity index (χ0v) is 29.0. The molecule has 0 N–H and O–H groups in total. The summed E-state index contributed by atoms with van der Waals surface area (Å²) >= 11 is 1.25. The van der Waals surface area contributed by atoms with Crippen LogP contribution in [0.3, 0.4) is 0 Å². The number of likely N-dealkylation sites (tertiary alicyclic amines) is 1. The summed E-state index contributed by atoms with van der Waals surface area (Å²) in [6, 6.07) is 0. The molecule has 252 valence electrons. The minimum atomic E-state index is -1.30. The number of ketones is 1. The van der Waals surface area contributed by atoms with Crippen LogP contribution in [0.5, 0.6) is 0 Å². The second kappa shape index (κ2) is 18.6. The molecule has 44 heavy (non-hydrogen) atoms. The molecule has 0 radical (unpaired) electrons. The van der Waals surface area contributed by atoms with Gasteiger partial charge in [0.05, 0.1) is 28.1 Å². The van der Waals surface area contributed by atoms with E-state index in [0.29, 0.717) is 29.9 Å². The summed E-state index contributed by atoms with van der Waals surface area (Å²) < 4.78 is 23.9. The Bertz CT molecular complexity index is 996. The van der Waals surface area contributed by atoms with E-state index >= 15 is 0 Å². The van der Waals surface area contributed by atoms with Gasteiger partial charge in [-0.15, -0.1) is 0 Å². The molecule has 0 aromatic rings. The van der Waals surface area contributed by atoms with E-state index in [-0.39, 0.29) is 18.8 Å². The molecular weight excluding hydrogens is 614 g/mol. The van der Waals surface area contributed by atoms with E-state index in [2.05, 4.69) is 4.90 Å². The molecule has 1 heterocycles.